The molecule has 1 N–H and O–H groups in total. The van der Waals surface area contributed by atoms with Gasteiger partial charge in [-0.15, -0.1) is 0 Å². The molecule has 112 valence electrons. The van der Waals surface area contributed by atoms with E-state index in [2.05, 4.69) is 5.32 Å². The van der Waals surface area contributed by atoms with Gasteiger partial charge in [0.25, 0.3) is 0 Å². The second kappa shape index (κ2) is 6.54. The lowest BCUT2D eigenvalue weighted by atomic mass is 10.1. The summed E-state index contributed by atoms with van der Waals surface area (Å²) in [5.74, 6) is -0.553. The number of hydrogen-bond acceptors (Lipinski definition) is 3. The fourth-order valence-electron chi connectivity index (χ4n) is 2.19. The summed E-state index contributed by atoms with van der Waals surface area (Å²) < 4.78 is 33.6. The second-order valence-corrected chi connectivity index (χ2v) is 4.70. The van der Waals surface area contributed by atoms with Crippen LogP contribution >= 0.6 is 0 Å². The lowest BCUT2D eigenvalue weighted by Crippen LogP contribution is -2.14. The first-order chi connectivity index (χ1) is 10.1. The van der Waals surface area contributed by atoms with Crippen LogP contribution in [0.1, 0.15) is 5.56 Å². The highest BCUT2D eigenvalue weighted by atomic mass is 19.1. The van der Waals surface area contributed by atoms with Gasteiger partial charge in [-0.1, -0.05) is 6.07 Å². The molecule has 0 unspecified atom stereocenters. The summed E-state index contributed by atoms with van der Waals surface area (Å²) in [7, 11) is 4.90. The summed E-state index contributed by atoms with van der Waals surface area (Å²) >= 11 is 0. The fraction of sp³-hybridized carbons (Fsp3) is 0.250. The number of ether oxygens (including phenoxy) is 1. The van der Waals surface area contributed by atoms with Crippen LogP contribution in [-0.4, -0.2) is 21.2 Å². The van der Waals surface area contributed by atoms with Crippen molar-refractivity contribution in [2.75, 3.05) is 26.1 Å². The Morgan fingerprint density at radius 1 is 1.14 bits per heavy atom. The van der Waals surface area contributed by atoms with Gasteiger partial charge in [0.05, 0.1) is 7.11 Å². The Morgan fingerprint density at radius 2 is 1.81 bits per heavy atom. The van der Waals surface area contributed by atoms with Crippen molar-refractivity contribution in [3.8, 4) is 5.75 Å². The van der Waals surface area contributed by atoms with E-state index in [1.165, 1.54) is 17.0 Å². The highest BCUT2D eigenvalue weighted by Crippen LogP contribution is 2.31. The molecule has 0 saturated carbocycles. The molecular formula is C16H18F2N2O. The number of halogens is 2. The standard InChI is InChI=1S/C16H18F2N2O/c1-19-10-11-7-14(17)16(15(18)8-11)20(2)12-5-4-6-13(9-12)21-3/h4-9,19H,10H2,1-3H3. The molecule has 0 spiro atoms. The molecule has 0 aliphatic carbocycles. The fourth-order valence-corrected chi connectivity index (χ4v) is 2.19. The average molecular weight is 292 g/mol. The van der Waals surface area contributed by atoms with E-state index in [4.69, 9.17) is 4.74 Å². The third-order valence-electron chi connectivity index (χ3n) is 3.23. The van der Waals surface area contributed by atoms with E-state index >= 15 is 0 Å². The third-order valence-corrected chi connectivity index (χ3v) is 3.23. The molecular weight excluding hydrogens is 274 g/mol. The first-order valence-electron chi connectivity index (χ1n) is 6.57. The van der Waals surface area contributed by atoms with Gasteiger partial charge < -0.3 is 15.0 Å². The van der Waals surface area contributed by atoms with Gasteiger partial charge in [0.1, 0.15) is 23.1 Å². The van der Waals surface area contributed by atoms with Crippen molar-refractivity contribution in [3.63, 3.8) is 0 Å². The molecule has 0 aromatic heterocycles. The zero-order valence-electron chi connectivity index (χ0n) is 12.3. The largest absolute Gasteiger partial charge is 0.497 e. The van der Waals surface area contributed by atoms with E-state index in [0.717, 1.165) is 0 Å². The predicted molar refractivity (Wildman–Crippen MR) is 80.2 cm³/mol. The molecule has 0 saturated heterocycles. The predicted octanol–water partition coefficient (Wildman–Crippen LogP) is 3.46. The Labute approximate surface area is 123 Å². The Kier molecular flexibility index (Phi) is 4.75. The first-order valence-corrected chi connectivity index (χ1v) is 6.57. The maximum absolute atomic E-state index is 14.2. The van der Waals surface area contributed by atoms with Gasteiger partial charge in [0.15, 0.2) is 0 Å². The van der Waals surface area contributed by atoms with Crippen LogP contribution in [-0.2, 0) is 6.54 Å². The smallest absolute Gasteiger partial charge is 0.150 e. The molecule has 5 heteroatoms. The molecule has 21 heavy (non-hydrogen) atoms. The summed E-state index contributed by atoms with van der Waals surface area (Å²) in [6, 6.07) is 9.72. The van der Waals surface area contributed by atoms with Crippen molar-refractivity contribution in [3.05, 3.63) is 53.6 Å². The van der Waals surface area contributed by atoms with Crippen LogP contribution in [0.25, 0.3) is 0 Å². The van der Waals surface area contributed by atoms with Crippen molar-refractivity contribution >= 4 is 11.4 Å². The topological polar surface area (TPSA) is 24.5 Å². The van der Waals surface area contributed by atoms with Gasteiger partial charge in [-0.25, -0.2) is 8.78 Å². The molecule has 2 rings (SSSR count). The van der Waals surface area contributed by atoms with E-state index in [0.29, 0.717) is 23.5 Å². The number of rotatable bonds is 5. The zero-order valence-corrected chi connectivity index (χ0v) is 12.3. The molecule has 0 fully saturated rings. The van der Waals surface area contributed by atoms with Crippen LogP contribution in [0.15, 0.2) is 36.4 Å². The van der Waals surface area contributed by atoms with Crippen molar-refractivity contribution in [2.45, 2.75) is 6.54 Å². The maximum atomic E-state index is 14.2. The molecule has 0 amide bonds. The van der Waals surface area contributed by atoms with Crippen LogP contribution in [0.2, 0.25) is 0 Å². The summed E-state index contributed by atoms with van der Waals surface area (Å²) in [6.45, 7) is 0.414. The first kappa shape index (κ1) is 15.3. The normalized spacial score (nSPS) is 10.5. The Hall–Kier alpha value is -2.14. The summed E-state index contributed by atoms with van der Waals surface area (Å²) in [6.07, 6.45) is 0. The van der Waals surface area contributed by atoms with Gasteiger partial charge in [-0.2, -0.15) is 0 Å². The number of methoxy groups -OCH3 is 1. The maximum Gasteiger partial charge on any atom is 0.150 e. The van der Waals surface area contributed by atoms with E-state index < -0.39 is 11.6 Å². The summed E-state index contributed by atoms with van der Waals surface area (Å²) in [5.41, 5.74) is 1.13. The Balaban J connectivity index is 2.40. The van der Waals surface area contributed by atoms with Crippen LogP contribution in [0.3, 0.4) is 0 Å². The van der Waals surface area contributed by atoms with Crippen molar-refractivity contribution in [1.82, 2.24) is 5.32 Å². The minimum atomic E-state index is -0.592. The molecule has 0 radical (unpaired) electrons. The lowest BCUT2D eigenvalue weighted by Gasteiger charge is -2.21. The van der Waals surface area contributed by atoms with Crippen LogP contribution < -0.4 is 15.0 Å². The highest BCUT2D eigenvalue weighted by Gasteiger charge is 2.16. The Morgan fingerprint density at radius 3 is 2.38 bits per heavy atom. The minimum absolute atomic E-state index is 0.0805. The van der Waals surface area contributed by atoms with Crippen molar-refractivity contribution < 1.29 is 13.5 Å². The van der Waals surface area contributed by atoms with Gasteiger partial charge in [-0.3, -0.25) is 0 Å². The molecule has 0 aliphatic rings. The van der Waals surface area contributed by atoms with Gasteiger partial charge in [-0.05, 0) is 36.9 Å². The van der Waals surface area contributed by atoms with E-state index in [1.54, 1.807) is 45.5 Å². The average Bonchev–Trinajstić information content (AvgIpc) is 2.47. The van der Waals surface area contributed by atoms with E-state index in [1.807, 2.05) is 0 Å². The van der Waals surface area contributed by atoms with Crippen molar-refractivity contribution in [1.29, 1.82) is 0 Å². The molecule has 0 aliphatic heterocycles. The lowest BCUT2D eigenvalue weighted by molar-refractivity contribution is 0.415. The SMILES string of the molecule is CNCc1cc(F)c(N(C)c2cccc(OC)c2)c(F)c1. The van der Waals surface area contributed by atoms with Gasteiger partial charge in [0.2, 0.25) is 0 Å². The molecule has 0 atom stereocenters. The second-order valence-electron chi connectivity index (χ2n) is 4.70. The molecule has 0 heterocycles. The number of hydrogen-bond donors (Lipinski definition) is 1. The molecule has 3 nitrogen and oxygen atoms in total. The molecule has 2 aromatic carbocycles. The van der Waals surface area contributed by atoms with Gasteiger partial charge >= 0.3 is 0 Å². The molecule has 2 aromatic rings. The molecule has 0 bridgehead atoms. The third kappa shape index (κ3) is 3.31. The van der Waals surface area contributed by atoms with E-state index in [-0.39, 0.29) is 5.69 Å². The zero-order chi connectivity index (χ0) is 15.4. The summed E-state index contributed by atoms with van der Waals surface area (Å²) in [4.78, 5) is 1.47. The van der Waals surface area contributed by atoms with Gasteiger partial charge in [0, 0.05) is 25.3 Å². The number of nitrogens with one attached hydrogen (secondary N) is 1. The number of benzene rings is 2. The number of nitrogens with zero attached hydrogens (tertiary/aromatic N) is 1. The number of anilines is 2. The van der Waals surface area contributed by atoms with E-state index in [9.17, 15) is 8.78 Å². The van der Waals surface area contributed by atoms with Crippen LogP contribution in [0.4, 0.5) is 20.2 Å². The monoisotopic (exact) mass is 292 g/mol. The Bertz CT molecular complexity index is 608. The van der Waals surface area contributed by atoms with Crippen molar-refractivity contribution in [2.24, 2.45) is 0 Å². The van der Waals surface area contributed by atoms with Crippen LogP contribution in [0, 0.1) is 11.6 Å². The quantitative estimate of drug-likeness (QED) is 0.913. The minimum Gasteiger partial charge on any atom is -0.497 e. The summed E-state index contributed by atoms with van der Waals surface area (Å²) in [5, 5.41) is 2.87. The highest BCUT2D eigenvalue weighted by molar-refractivity contribution is 5.65. The van der Waals surface area contributed by atoms with Crippen LogP contribution in [0.5, 0.6) is 5.75 Å².